The van der Waals surface area contributed by atoms with E-state index in [0.717, 1.165) is 16.7 Å². The lowest BCUT2D eigenvalue weighted by atomic mass is 9.93. The van der Waals surface area contributed by atoms with E-state index in [4.69, 9.17) is 18.9 Å². The van der Waals surface area contributed by atoms with Gasteiger partial charge in [0.05, 0.1) is 32.0 Å². The van der Waals surface area contributed by atoms with Crippen molar-refractivity contribution in [3.63, 3.8) is 0 Å². The van der Waals surface area contributed by atoms with Gasteiger partial charge in [0.25, 0.3) is 0 Å². The summed E-state index contributed by atoms with van der Waals surface area (Å²) in [4.78, 5) is 12.6. The van der Waals surface area contributed by atoms with Crippen LogP contribution in [0.15, 0.2) is 91.0 Å². The Morgan fingerprint density at radius 3 is 1.57 bits per heavy atom. The van der Waals surface area contributed by atoms with Gasteiger partial charge in [-0.1, -0.05) is 91.0 Å². The molecule has 2 aliphatic rings. The molecular weight excluding hydrogens is 440 g/mol. The van der Waals surface area contributed by atoms with Gasteiger partial charge in [-0.25, -0.2) is 0 Å². The van der Waals surface area contributed by atoms with E-state index < -0.39 is 6.10 Å². The number of rotatable bonds is 10. The molecule has 2 fully saturated rings. The van der Waals surface area contributed by atoms with Gasteiger partial charge in [0.2, 0.25) is 0 Å². The number of carbonyl (C=O) groups excluding carboxylic acids is 1. The molecule has 0 radical (unpaired) electrons. The number of ketones is 1. The van der Waals surface area contributed by atoms with Crippen LogP contribution in [0, 0.1) is 5.92 Å². The second-order valence-electron chi connectivity index (χ2n) is 9.38. The van der Waals surface area contributed by atoms with Crippen LogP contribution in [0.5, 0.6) is 0 Å². The average Bonchev–Trinajstić information content (AvgIpc) is 3.29. The van der Waals surface area contributed by atoms with E-state index in [1.54, 1.807) is 6.92 Å². The second-order valence-corrected chi connectivity index (χ2v) is 9.38. The molecule has 6 atom stereocenters. The molecule has 5 nitrogen and oxygen atoms in total. The zero-order valence-electron chi connectivity index (χ0n) is 20.0. The summed E-state index contributed by atoms with van der Waals surface area (Å²) in [5, 5.41) is 0. The third kappa shape index (κ3) is 5.71. The molecule has 0 amide bonds. The quantitative estimate of drug-likeness (QED) is 0.410. The van der Waals surface area contributed by atoms with Crippen LogP contribution in [0.2, 0.25) is 0 Å². The van der Waals surface area contributed by atoms with Crippen molar-refractivity contribution in [3.8, 4) is 0 Å². The third-order valence-corrected chi connectivity index (χ3v) is 6.93. The third-order valence-electron chi connectivity index (χ3n) is 6.93. The van der Waals surface area contributed by atoms with Crippen LogP contribution >= 0.6 is 0 Å². The van der Waals surface area contributed by atoms with Gasteiger partial charge in [0, 0.05) is 5.92 Å². The number of hydrogen-bond donors (Lipinski definition) is 0. The van der Waals surface area contributed by atoms with Crippen LogP contribution < -0.4 is 0 Å². The van der Waals surface area contributed by atoms with E-state index in [0.29, 0.717) is 26.2 Å². The van der Waals surface area contributed by atoms with Crippen molar-refractivity contribution < 1.29 is 23.7 Å². The van der Waals surface area contributed by atoms with Gasteiger partial charge >= 0.3 is 0 Å². The first-order valence-corrected chi connectivity index (χ1v) is 12.3. The van der Waals surface area contributed by atoms with E-state index in [1.807, 2.05) is 91.0 Å². The maximum Gasteiger partial charge on any atom is 0.135 e. The van der Waals surface area contributed by atoms with Crippen molar-refractivity contribution in [2.75, 3.05) is 0 Å². The summed E-state index contributed by atoms with van der Waals surface area (Å²) in [7, 11) is 0. The number of benzene rings is 3. The Hall–Kier alpha value is -2.83. The van der Waals surface area contributed by atoms with Gasteiger partial charge in [0.15, 0.2) is 0 Å². The maximum absolute atomic E-state index is 12.6. The molecule has 0 saturated carbocycles. The zero-order valence-corrected chi connectivity index (χ0v) is 20.0. The van der Waals surface area contributed by atoms with Crippen molar-refractivity contribution in [1.82, 2.24) is 0 Å². The molecule has 3 aromatic rings. The normalized spacial score (nSPS) is 27.6. The van der Waals surface area contributed by atoms with Crippen LogP contribution in [-0.4, -0.2) is 36.3 Å². The molecule has 3 aromatic carbocycles. The highest BCUT2D eigenvalue weighted by Gasteiger charge is 2.56. The molecule has 0 N–H and O–H groups in total. The summed E-state index contributed by atoms with van der Waals surface area (Å²) in [6.07, 6.45) is -1.08. The molecule has 2 bridgehead atoms. The number of ether oxygens (including phenoxy) is 4. The van der Waals surface area contributed by atoms with Crippen LogP contribution in [0.25, 0.3) is 0 Å². The fourth-order valence-electron chi connectivity index (χ4n) is 5.12. The lowest BCUT2D eigenvalue weighted by molar-refractivity contribution is -0.246. The minimum Gasteiger partial charge on any atom is -0.369 e. The lowest BCUT2D eigenvalue weighted by Gasteiger charge is -2.42. The van der Waals surface area contributed by atoms with Crippen molar-refractivity contribution in [2.24, 2.45) is 5.92 Å². The minimum atomic E-state index is -0.424. The largest absolute Gasteiger partial charge is 0.369 e. The fraction of sp³-hybridized carbons (Fsp3) is 0.367. The van der Waals surface area contributed by atoms with Crippen molar-refractivity contribution in [2.45, 2.75) is 63.7 Å². The Balaban J connectivity index is 1.40. The van der Waals surface area contributed by atoms with Gasteiger partial charge in [-0.2, -0.15) is 0 Å². The lowest BCUT2D eigenvalue weighted by Crippen LogP contribution is -2.57. The summed E-state index contributed by atoms with van der Waals surface area (Å²) in [5.74, 6) is -0.106. The zero-order chi connectivity index (χ0) is 24.0. The first-order valence-electron chi connectivity index (χ1n) is 12.3. The molecule has 5 heteroatoms. The molecule has 0 aliphatic carbocycles. The molecule has 35 heavy (non-hydrogen) atoms. The van der Waals surface area contributed by atoms with E-state index in [2.05, 4.69) is 0 Å². The Bertz CT molecular complexity index is 1070. The van der Waals surface area contributed by atoms with Crippen molar-refractivity contribution in [3.05, 3.63) is 108 Å². The molecule has 182 valence electrons. The molecule has 0 spiro atoms. The number of hydrogen-bond acceptors (Lipinski definition) is 5. The smallest absolute Gasteiger partial charge is 0.135 e. The highest BCUT2D eigenvalue weighted by Crippen LogP contribution is 2.42. The minimum absolute atomic E-state index is 0.122. The maximum atomic E-state index is 12.6. The first-order chi connectivity index (χ1) is 17.2. The van der Waals surface area contributed by atoms with E-state index in [1.165, 1.54) is 0 Å². The molecule has 2 heterocycles. The van der Waals surface area contributed by atoms with Gasteiger partial charge in [-0.15, -0.1) is 0 Å². The van der Waals surface area contributed by atoms with Gasteiger partial charge in [-0.3, -0.25) is 4.79 Å². The predicted octanol–water partition coefficient (Wildman–Crippen LogP) is 5.12. The summed E-state index contributed by atoms with van der Waals surface area (Å²) in [6.45, 7) is 2.93. The first kappa shape index (κ1) is 23.9. The molecule has 2 saturated heterocycles. The van der Waals surface area contributed by atoms with Crippen molar-refractivity contribution in [1.29, 1.82) is 0 Å². The molecular formula is C30H32O5. The van der Waals surface area contributed by atoms with Crippen LogP contribution in [-0.2, 0) is 43.6 Å². The molecule has 2 aliphatic heterocycles. The fourth-order valence-corrected chi connectivity index (χ4v) is 5.12. The van der Waals surface area contributed by atoms with Gasteiger partial charge in [0.1, 0.15) is 24.1 Å². The van der Waals surface area contributed by atoms with Gasteiger partial charge < -0.3 is 18.9 Å². The predicted molar refractivity (Wildman–Crippen MR) is 133 cm³/mol. The summed E-state index contributed by atoms with van der Waals surface area (Å²) in [5.41, 5.74) is 3.23. The molecule has 5 rings (SSSR count). The summed E-state index contributed by atoms with van der Waals surface area (Å²) in [6, 6.07) is 30.2. The second kappa shape index (κ2) is 11.3. The Morgan fingerprint density at radius 1 is 0.686 bits per heavy atom. The summed E-state index contributed by atoms with van der Waals surface area (Å²) >= 11 is 0. The Labute approximate surface area is 207 Å². The number of Topliss-reactive ketones (excluding diaryl/α,β-unsaturated/α-hetero) is 1. The SMILES string of the molecule is CC(=O)[C@H]1C[C@H]2O[C@@H]1[C@H](OCc1ccccc1)[C@@H](OCc1ccccc1)[C@@H]2OCc1ccccc1. The van der Waals surface area contributed by atoms with Gasteiger partial charge in [-0.05, 0) is 30.0 Å². The standard InChI is InChI=1S/C30H32O5/c1-21(31)25-17-26-28(32-18-22-11-5-2-6-12-22)30(34-20-24-15-9-4-10-16-24)29(27(25)35-26)33-19-23-13-7-3-8-14-23/h2-16,25-30H,17-20H2,1H3/t25-,26-,27+,28-,29+,30+/m1/s1. The Morgan fingerprint density at radius 2 is 1.11 bits per heavy atom. The molecule has 0 unspecified atom stereocenters. The monoisotopic (exact) mass is 472 g/mol. The van der Waals surface area contributed by atoms with E-state index in [-0.39, 0.29) is 36.1 Å². The highest BCUT2D eigenvalue weighted by molar-refractivity contribution is 5.79. The highest BCUT2D eigenvalue weighted by atomic mass is 16.6. The van der Waals surface area contributed by atoms with E-state index >= 15 is 0 Å². The number of carbonyl (C=O) groups is 1. The van der Waals surface area contributed by atoms with Crippen LogP contribution in [0.3, 0.4) is 0 Å². The summed E-state index contributed by atoms with van der Waals surface area (Å²) < 4.78 is 25.9. The topological polar surface area (TPSA) is 54.0 Å². The van der Waals surface area contributed by atoms with Crippen molar-refractivity contribution >= 4 is 5.78 Å². The van der Waals surface area contributed by atoms with Crippen LogP contribution in [0.1, 0.15) is 30.0 Å². The average molecular weight is 473 g/mol. The van der Waals surface area contributed by atoms with Crippen LogP contribution in [0.4, 0.5) is 0 Å². The Kier molecular flexibility index (Phi) is 7.69. The van der Waals surface area contributed by atoms with E-state index in [9.17, 15) is 4.79 Å². The number of fused-ring (bicyclic) bond motifs is 2. The molecule has 0 aromatic heterocycles.